The fraction of sp³-hybridized carbons (Fsp3) is 0.286. The number of carbonyl (C=O) groups is 1. The van der Waals surface area contributed by atoms with Crippen LogP contribution < -0.4 is 10.7 Å². The summed E-state index contributed by atoms with van der Waals surface area (Å²) in [7, 11) is 0. The lowest BCUT2D eigenvalue weighted by molar-refractivity contribution is 0.100. The van der Waals surface area contributed by atoms with Gasteiger partial charge in [0.25, 0.3) is 0 Å². The smallest absolute Gasteiger partial charge is 0.250 e. The number of hydrogen-bond donors (Lipinski definition) is 1. The molecule has 140 valence electrons. The summed E-state index contributed by atoms with van der Waals surface area (Å²) in [6.45, 7) is 1.87. The van der Waals surface area contributed by atoms with Gasteiger partial charge in [0.2, 0.25) is 5.91 Å². The minimum Gasteiger partial charge on any atom is -0.366 e. The molecule has 1 amide bonds. The first kappa shape index (κ1) is 17.9. The van der Waals surface area contributed by atoms with Crippen LogP contribution in [0.1, 0.15) is 28.8 Å². The van der Waals surface area contributed by atoms with Crippen molar-refractivity contribution in [2.75, 3.05) is 18.1 Å². The molecule has 6 heteroatoms. The normalized spacial score (nSPS) is 15.4. The summed E-state index contributed by atoms with van der Waals surface area (Å²) in [5.74, 6) is -0.110. The van der Waals surface area contributed by atoms with Crippen LogP contribution in [0.5, 0.6) is 0 Å². The number of rotatable bonds is 4. The van der Waals surface area contributed by atoms with Crippen LogP contribution in [-0.4, -0.2) is 23.7 Å². The molecule has 0 spiro atoms. The first-order chi connectivity index (χ1) is 13.0. The largest absolute Gasteiger partial charge is 0.366 e. The van der Waals surface area contributed by atoms with Gasteiger partial charge in [0.15, 0.2) is 0 Å². The lowest BCUT2D eigenvalue weighted by Crippen LogP contribution is -2.41. The highest BCUT2D eigenvalue weighted by Crippen LogP contribution is 2.29. The lowest BCUT2D eigenvalue weighted by atomic mass is 9.91. The van der Waals surface area contributed by atoms with Crippen LogP contribution in [-0.2, 0) is 6.42 Å². The van der Waals surface area contributed by atoms with Crippen molar-refractivity contribution in [1.82, 2.24) is 4.68 Å². The number of nitrogens with zero attached hydrogens (tertiary/aromatic N) is 2. The van der Waals surface area contributed by atoms with E-state index in [0.29, 0.717) is 16.5 Å². The van der Waals surface area contributed by atoms with E-state index < -0.39 is 5.91 Å². The number of nitrogens with two attached hydrogens (primary N) is 1. The number of fused-ring (bicyclic) bond motifs is 1. The molecule has 1 aliphatic rings. The van der Waals surface area contributed by atoms with Gasteiger partial charge in [0, 0.05) is 24.7 Å². The van der Waals surface area contributed by atoms with Crippen LogP contribution in [0.4, 0.5) is 4.39 Å². The molecule has 0 atom stereocenters. The van der Waals surface area contributed by atoms with Gasteiger partial charge in [-0.2, -0.15) is 0 Å². The second-order valence-electron chi connectivity index (χ2n) is 7.11. The molecule has 1 fully saturated rings. The van der Waals surface area contributed by atoms with Gasteiger partial charge < -0.3 is 10.7 Å². The molecule has 4 rings (SSSR count). The van der Waals surface area contributed by atoms with Crippen LogP contribution >= 0.6 is 11.6 Å². The molecule has 1 aliphatic heterocycles. The maximum Gasteiger partial charge on any atom is 0.250 e. The molecule has 0 unspecified atom stereocenters. The molecule has 0 radical (unpaired) electrons. The lowest BCUT2D eigenvalue weighted by Gasteiger charge is -2.35. The van der Waals surface area contributed by atoms with Crippen molar-refractivity contribution in [2.24, 2.45) is 11.7 Å². The third kappa shape index (κ3) is 3.52. The Hall–Kier alpha value is -2.53. The number of hydrogen-bond acceptors (Lipinski definition) is 2. The van der Waals surface area contributed by atoms with Crippen molar-refractivity contribution in [1.29, 1.82) is 0 Å². The molecule has 1 aromatic heterocycles. The third-order valence-electron chi connectivity index (χ3n) is 5.38. The molecule has 2 aromatic carbocycles. The van der Waals surface area contributed by atoms with Gasteiger partial charge in [0.1, 0.15) is 5.82 Å². The van der Waals surface area contributed by atoms with Gasteiger partial charge in [0.05, 0.1) is 16.1 Å². The minimum absolute atomic E-state index is 0.189. The predicted molar refractivity (Wildman–Crippen MR) is 106 cm³/mol. The van der Waals surface area contributed by atoms with E-state index in [1.165, 1.54) is 17.7 Å². The molecular formula is C21H21ClFN3O. The maximum absolute atomic E-state index is 13.1. The zero-order valence-electron chi connectivity index (χ0n) is 14.9. The molecule has 0 bridgehead atoms. The van der Waals surface area contributed by atoms with Crippen molar-refractivity contribution < 1.29 is 9.18 Å². The first-order valence-corrected chi connectivity index (χ1v) is 9.50. The third-order valence-corrected chi connectivity index (χ3v) is 5.79. The van der Waals surface area contributed by atoms with Crippen LogP contribution in [0.2, 0.25) is 5.02 Å². The number of benzene rings is 2. The highest BCUT2D eigenvalue weighted by atomic mass is 35.5. The van der Waals surface area contributed by atoms with E-state index in [1.807, 2.05) is 30.5 Å². The van der Waals surface area contributed by atoms with Crippen molar-refractivity contribution in [2.45, 2.75) is 19.3 Å². The zero-order chi connectivity index (χ0) is 19.0. The van der Waals surface area contributed by atoms with E-state index in [0.717, 1.165) is 43.3 Å². The van der Waals surface area contributed by atoms with Gasteiger partial charge >= 0.3 is 0 Å². The van der Waals surface area contributed by atoms with E-state index >= 15 is 0 Å². The summed E-state index contributed by atoms with van der Waals surface area (Å²) in [6.07, 6.45) is 5.12. The average Bonchev–Trinajstić information content (AvgIpc) is 3.09. The monoisotopic (exact) mass is 385 g/mol. The van der Waals surface area contributed by atoms with Crippen molar-refractivity contribution in [3.05, 3.63) is 70.6 Å². The Morgan fingerprint density at radius 3 is 2.48 bits per heavy atom. The Balaban J connectivity index is 1.47. The Bertz CT molecular complexity index is 975. The van der Waals surface area contributed by atoms with Crippen molar-refractivity contribution in [3.63, 3.8) is 0 Å². The Kier molecular flexibility index (Phi) is 4.79. The van der Waals surface area contributed by atoms with Gasteiger partial charge in [-0.05, 0) is 61.1 Å². The Labute approximate surface area is 162 Å². The van der Waals surface area contributed by atoms with Crippen molar-refractivity contribution in [3.8, 4) is 0 Å². The number of halogens is 2. The number of primary amides is 1. The standard InChI is InChI=1S/C21H21ClFN3O/c22-20-17-9-12-26(19(17)6-5-18(20)21(24)27)25-10-7-15(8-11-25)13-14-1-3-16(23)4-2-14/h1-6,9,12,15H,7-8,10-11,13H2,(H2,24,27). The maximum atomic E-state index is 13.1. The van der Waals surface area contributed by atoms with E-state index in [9.17, 15) is 9.18 Å². The van der Waals surface area contributed by atoms with Gasteiger partial charge in [-0.15, -0.1) is 0 Å². The number of carbonyl (C=O) groups excluding carboxylic acids is 1. The predicted octanol–water partition coefficient (Wildman–Crippen LogP) is 4.12. The Morgan fingerprint density at radius 2 is 1.81 bits per heavy atom. The van der Waals surface area contributed by atoms with Gasteiger partial charge in [-0.25, -0.2) is 4.39 Å². The zero-order valence-corrected chi connectivity index (χ0v) is 15.6. The minimum atomic E-state index is -0.517. The van der Waals surface area contributed by atoms with E-state index in [-0.39, 0.29) is 5.82 Å². The van der Waals surface area contributed by atoms with Crippen LogP contribution in [0.15, 0.2) is 48.7 Å². The van der Waals surface area contributed by atoms with Gasteiger partial charge in [-0.3, -0.25) is 9.47 Å². The summed E-state index contributed by atoms with van der Waals surface area (Å²) in [5.41, 5.74) is 7.89. The summed E-state index contributed by atoms with van der Waals surface area (Å²) >= 11 is 6.35. The highest BCUT2D eigenvalue weighted by Gasteiger charge is 2.21. The summed E-state index contributed by atoms with van der Waals surface area (Å²) in [4.78, 5) is 11.5. The molecule has 0 aliphatic carbocycles. The second kappa shape index (κ2) is 7.24. The molecule has 0 saturated carbocycles. The summed E-state index contributed by atoms with van der Waals surface area (Å²) in [6, 6.07) is 12.3. The molecule has 27 heavy (non-hydrogen) atoms. The first-order valence-electron chi connectivity index (χ1n) is 9.12. The van der Waals surface area contributed by atoms with Gasteiger partial charge in [-0.1, -0.05) is 23.7 Å². The van der Waals surface area contributed by atoms with E-state index in [4.69, 9.17) is 17.3 Å². The Morgan fingerprint density at radius 1 is 1.11 bits per heavy atom. The van der Waals surface area contributed by atoms with Crippen LogP contribution in [0.3, 0.4) is 0 Å². The molecule has 1 saturated heterocycles. The molecule has 4 nitrogen and oxygen atoms in total. The number of piperidine rings is 1. The quantitative estimate of drug-likeness (QED) is 0.734. The highest BCUT2D eigenvalue weighted by molar-refractivity contribution is 6.38. The fourth-order valence-corrected chi connectivity index (χ4v) is 4.21. The average molecular weight is 386 g/mol. The second-order valence-corrected chi connectivity index (χ2v) is 7.49. The number of amides is 1. The SMILES string of the molecule is NC(=O)c1ccc2c(ccn2N2CCC(Cc3ccc(F)cc3)CC2)c1Cl. The van der Waals surface area contributed by atoms with Crippen LogP contribution in [0, 0.1) is 11.7 Å². The molecular weight excluding hydrogens is 365 g/mol. The topological polar surface area (TPSA) is 51.3 Å². The molecule has 2 N–H and O–H groups in total. The summed E-state index contributed by atoms with van der Waals surface area (Å²) in [5, 5.41) is 3.54. The molecule has 2 heterocycles. The van der Waals surface area contributed by atoms with Crippen LogP contribution in [0.25, 0.3) is 10.9 Å². The van der Waals surface area contributed by atoms with E-state index in [2.05, 4.69) is 9.69 Å². The molecule has 3 aromatic rings. The van der Waals surface area contributed by atoms with Crippen molar-refractivity contribution >= 4 is 28.4 Å². The fourth-order valence-electron chi connectivity index (χ4n) is 3.90. The van der Waals surface area contributed by atoms with E-state index in [1.54, 1.807) is 6.07 Å². The number of aromatic nitrogens is 1. The summed E-state index contributed by atoms with van der Waals surface area (Å²) < 4.78 is 15.2.